The summed E-state index contributed by atoms with van der Waals surface area (Å²) in [6, 6.07) is 5.93. The third kappa shape index (κ3) is 2.98. The van der Waals surface area contributed by atoms with E-state index in [0.29, 0.717) is 11.5 Å². The lowest BCUT2D eigenvalue weighted by atomic mass is 10.2. The molecule has 3 rings (SSSR count). The normalized spacial score (nSPS) is 13.3. The molecule has 0 bridgehead atoms. The number of nitrogens with zero attached hydrogens (tertiary/aromatic N) is 4. The van der Waals surface area contributed by atoms with Crippen molar-refractivity contribution in [3.05, 3.63) is 46.0 Å². The Morgan fingerprint density at radius 3 is 2.86 bits per heavy atom. The lowest BCUT2D eigenvalue weighted by Gasteiger charge is -2.01. The van der Waals surface area contributed by atoms with E-state index in [0.717, 1.165) is 17.5 Å². The molecular weight excluding hydrogens is 306 g/mol. The molecule has 1 aliphatic heterocycles. The highest BCUT2D eigenvalue weighted by Crippen LogP contribution is 2.26. The Balaban J connectivity index is 1.64. The molecule has 0 saturated carbocycles. The number of aromatic nitrogens is 3. The Bertz CT molecular complexity index is 754. The summed E-state index contributed by atoms with van der Waals surface area (Å²) in [5.74, 6) is 1.02. The van der Waals surface area contributed by atoms with E-state index in [4.69, 9.17) is 0 Å². The Morgan fingerprint density at radius 1 is 1.36 bits per heavy atom. The van der Waals surface area contributed by atoms with Gasteiger partial charge in [-0.2, -0.15) is 0 Å². The summed E-state index contributed by atoms with van der Waals surface area (Å²) < 4.78 is 1.85. The number of nitro groups is 1. The van der Waals surface area contributed by atoms with Crippen molar-refractivity contribution in [1.29, 1.82) is 0 Å². The molecule has 0 unspecified atom stereocenters. The van der Waals surface area contributed by atoms with Crippen molar-refractivity contribution in [3.63, 3.8) is 0 Å². The third-order valence-electron chi connectivity index (χ3n) is 3.03. The first-order valence-electron chi connectivity index (χ1n) is 6.43. The molecule has 1 aromatic heterocycles. The minimum Gasteiger partial charge on any atom is -0.291 e. The second-order valence-electron chi connectivity index (χ2n) is 4.48. The number of amides is 1. The molecule has 2 heterocycles. The molecule has 0 radical (unpaired) electrons. The van der Waals surface area contributed by atoms with E-state index in [1.807, 2.05) is 4.57 Å². The van der Waals surface area contributed by atoms with E-state index in [1.165, 1.54) is 18.2 Å². The van der Waals surface area contributed by atoms with Gasteiger partial charge < -0.3 is 0 Å². The Hall–Kier alpha value is -2.68. The van der Waals surface area contributed by atoms with Crippen molar-refractivity contribution < 1.29 is 9.72 Å². The highest BCUT2D eigenvalue weighted by Gasteiger charge is 2.18. The number of thioether (sulfide) groups is 1. The van der Waals surface area contributed by atoms with Crippen LogP contribution in [0.15, 0.2) is 35.5 Å². The van der Waals surface area contributed by atoms with Crippen molar-refractivity contribution in [2.45, 2.75) is 11.7 Å². The quantitative estimate of drug-likeness (QED) is 0.525. The number of anilines is 1. The molecule has 9 heteroatoms. The second kappa shape index (κ2) is 5.98. The van der Waals surface area contributed by atoms with E-state index in [-0.39, 0.29) is 11.6 Å². The number of nitrogens with one attached hydrogen (secondary N) is 1. The van der Waals surface area contributed by atoms with Gasteiger partial charge in [0.05, 0.1) is 4.92 Å². The highest BCUT2D eigenvalue weighted by atomic mass is 32.2. The fourth-order valence-electron chi connectivity index (χ4n) is 1.95. The maximum Gasteiger partial charge on any atom is 0.269 e. The lowest BCUT2D eigenvalue weighted by molar-refractivity contribution is -0.384. The van der Waals surface area contributed by atoms with Crippen molar-refractivity contribution in [2.24, 2.45) is 0 Å². The first-order valence-corrected chi connectivity index (χ1v) is 7.41. The predicted molar refractivity (Wildman–Crippen MR) is 81.5 cm³/mol. The number of hydrogen-bond acceptors (Lipinski definition) is 6. The average Bonchev–Trinajstić information content (AvgIpc) is 3.11. The summed E-state index contributed by atoms with van der Waals surface area (Å²) in [4.78, 5) is 22.0. The molecule has 112 valence electrons. The van der Waals surface area contributed by atoms with Crippen LogP contribution >= 0.6 is 11.8 Å². The number of non-ortho nitro benzene ring substituents is 1. The van der Waals surface area contributed by atoms with Gasteiger partial charge in [0, 0.05) is 30.5 Å². The van der Waals surface area contributed by atoms with Crippen LogP contribution in [0.3, 0.4) is 0 Å². The SMILES string of the molecule is O=C(/C=C/c1ccc([N+](=O)[O-])cc1)Nc1nnc2n1CCS2. The molecule has 2 aromatic rings. The number of benzene rings is 1. The van der Waals surface area contributed by atoms with Crippen LogP contribution in [0.1, 0.15) is 5.56 Å². The van der Waals surface area contributed by atoms with Crippen LogP contribution in [0.25, 0.3) is 6.08 Å². The first kappa shape index (κ1) is 14.3. The third-order valence-corrected chi connectivity index (χ3v) is 3.98. The Morgan fingerprint density at radius 2 is 2.14 bits per heavy atom. The second-order valence-corrected chi connectivity index (χ2v) is 5.54. The zero-order chi connectivity index (χ0) is 15.5. The summed E-state index contributed by atoms with van der Waals surface area (Å²) in [6.07, 6.45) is 2.93. The number of rotatable bonds is 4. The van der Waals surface area contributed by atoms with Crippen molar-refractivity contribution >= 4 is 35.4 Å². The van der Waals surface area contributed by atoms with Crippen LogP contribution in [-0.2, 0) is 11.3 Å². The van der Waals surface area contributed by atoms with Gasteiger partial charge in [-0.3, -0.25) is 24.8 Å². The maximum absolute atomic E-state index is 11.9. The average molecular weight is 317 g/mol. The van der Waals surface area contributed by atoms with Gasteiger partial charge in [-0.1, -0.05) is 11.8 Å². The standard InChI is InChI=1S/C13H11N5O3S/c19-11(14-12-15-16-13-17(12)7-8-22-13)6-3-9-1-4-10(5-2-9)18(20)21/h1-6H,7-8H2,(H,14,15,19)/b6-3+. The minimum absolute atomic E-state index is 0.0122. The van der Waals surface area contributed by atoms with E-state index >= 15 is 0 Å². The number of nitro benzene ring substituents is 1. The zero-order valence-corrected chi connectivity index (χ0v) is 12.1. The molecule has 0 fully saturated rings. The van der Waals surface area contributed by atoms with E-state index in [2.05, 4.69) is 15.5 Å². The molecule has 8 nitrogen and oxygen atoms in total. The fourth-order valence-corrected chi connectivity index (χ4v) is 2.84. The highest BCUT2D eigenvalue weighted by molar-refractivity contribution is 7.99. The molecule has 1 aliphatic rings. The Kier molecular flexibility index (Phi) is 3.88. The molecule has 0 spiro atoms. The molecule has 22 heavy (non-hydrogen) atoms. The van der Waals surface area contributed by atoms with Crippen LogP contribution in [0, 0.1) is 10.1 Å². The Labute approximate surface area is 129 Å². The number of fused-ring (bicyclic) bond motifs is 1. The summed E-state index contributed by atoms with van der Waals surface area (Å²) in [7, 11) is 0. The van der Waals surface area contributed by atoms with Crippen molar-refractivity contribution in [2.75, 3.05) is 11.1 Å². The molecule has 1 amide bonds. The number of carbonyl (C=O) groups is 1. The largest absolute Gasteiger partial charge is 0.291 e. The molecular formula is C13H11N5O3S. The van der Waals surface area contributed by atoms with Crippen molar-refractivity contribution in [1.82, 2.24) is 14.8 Å². The van der Waals surface area contributed by atoms with Crippen LogP contribution in [0.2, 0.25) is 0 Å². The smallest absolute Gasteiger partial charge is 0.269 e. The van der Waals surface area contributed by atoms with Gasteiger partial charge in [0.25, 0.3) is 11.6 Å². The van der Waals surface area contributed by atoms with E-state index in [1.54, 1.807) is 30.0 Å². The van der Waals surface area contributed by atoms with Crippen LogP contribution in [-0.4, -0.2) is 31.3 Å². The van der Waals surface area contributed by atoms with Crippen LogP contribution < -0.4 is 5.32 Å². The summed E-state index contributed by atoms with van der Waals surface area (Å²) in [5, 5.41) is 21.9. The molecule has 0 atom stereocenters. The van der Waals surface area contributed by atoms with Crippen molar-refractivity contribution in [3.8, 4) is 0 Å². The van der Waals surface area contributed by atoms with Crippen LogP contribution in [0.5, 0.6) is 0 Å². The zero-order valence-electron chi connectivity index (χ0n) is 11.3. The topological polar surface area (TPSA) is 103 Å². The van der Waals surface area contributed by atoms with Gasteiger partial charge in [-0.05, 0) is 23.8 Å². The van der Waals surface area contributed by atoms with Gasteiger partial charge in [0.15, 0.2) is 5.16 Å². The molecule has 1 aromatic carbocycles. The van der Waals surface area contributed by atoms with Gasteiger partial charge in [0.2, 0.25) is 5.95 Å². The van der Waals surface area contributed by atoms with Crippen LogP contribution in [0.4, 0.5) is 11.6 Å². The summed E-state index contributed by atoms with van der Waals surface area (Å²) in [5.41, 5.74) is 0.709. The molecule has 1 N–H and O–H groups in total. The molecule has 0 saturated heterocycles. The van der Waals surface area contributed by atoms with Gasteiger partial charge in [-0.15, -0.1) is 10.2 Å². The first-order chi connectivity index (χ1) is 10.6. The monoisotopic (exact) mass is 317 g/mol. The number of hydrogen-bond donors (Lipinski definition) is 1. The maximum atomic E-state index is 11.9. The van der Waals surface area contributed by atoms with E-state index in [9.17, 15) is 14.9 Å². The minimum atomic E-state index is -0.468. The number of carbonyl (C=O) groups excluding carboxylic acids is 1. The molecule has 0 aliphatic carbocycles. The predicted octanol–water partition coefficient (Wildman–Crippen LogP) is 1.94. The lowest BCUT2D eigenvalue weighted by Crippen LogP contribution is -2.13. The summed E-state index contributed by atoms with van der Waals surface area (Å²) in [6.45, 7) is 0.773. The summed E-state index contributed by atoms with van der Waals surface area (Å²) >= 11 is 1.59. The van der Waals surface area contributed by atoms with Gasteiger partial charge in [-0.25, -0.2) is 0 Å². The van der Waals surface area contributed by atoms with Gasteiger partial charge >= 0.3 is 0 Å². The fraction of sp³-hybridized carbons (Fsp3) is 0.154. The van der Waals surface area contributed by atoms with Gasteiger partial charge in [0.1, 0.15) is 0 Å². The van der Waals surface area contributed by atoms with E-state index < -0.39 is 4.92 Å².